The van der Waals surface area contributed by atoms with Gasteiger partial charge in [-0.3, -0.25) is 14.3 Å². The average molecular weight is 307 g/mol. The average Bonchev–Trinajstić information content (AvgIpc) is 2.59. The minimum Gasteiger partial charge on any atom is -0.350 e. The van der Waals surface area contributed by atoms with Crippen LogP contribution in [0.5, 0.6) is 0 Å². The summed E-state index contributed by atoms with van der Waals surface area (Å²) >= 11 is 0. The van der Waals surface area contributed by atoms with Crippen LogP contribution < -0.4 is 10.5 Å². The van der Waals surface area contributed by atoms with E-state index in [1.54, 1.807) is 17.8 Å². The van der Waals surface area contributed by atoms with Crippen LogP contribution in [0.3, 0.4) is 0 Å². The van der Waals surface area contributed by atoms with Crippen molar-refractivity contribution in [3.8, 4) is 0 Å². The second-order valence-electron chi connectivity index (χ2n) is 5.84. The van der Waals surface area contributed by atoms with Crippen molar-refractivity contribution in [2.24, 2.45) is 7.05 Å². The number of aromatic nitrogens is 4. The first-order chi connectivity index (χ1) is 11.1. The number of rotatable bonds is 1. The number of nitrogens with zero attached hydrogens (tertiary/aromatic N) is 5. The number of hydrogen-bond donors (Lipinski definition) is 0. The van der Waals surface area contributed by atoms with Crippen LogP contribution in [0.1, 0.15) is 17.1 Å². The van der Waals surface area contributed by atoms with Crippen molar-refractivity contribution in [3.05, 3.63) is 57.9 Å². The predicted octanol–water partition coefficient (Wildman–Crippen LogP) is 1.59. The fraction of sp³-hybridized carbons (Fsp3) is 0.294. The fourth-order valence-corrected chi connectivity index (χ4v) is 2.98. The van der Waals surface area contributed by atoms with Gasteiger partial charge in [0.25, 0.3) is 5.56 Å². The normalized spacial score (nSPS) is 14.1. The molecule has 116 valence electrons. The number of para-hydroxylation sites is 2. The topological polar surface area (TPSA) is 63.9 Å². The van der Waals surface area contributed by atoms with E-state index < -0.39 is 0 Å². The van der Waals surface area contributed by atoms with Crippen molar-refractivity contribution in [3.63, 3.8) is 0 Å². The smallest absolute Gasteiger partial charge is 0.258 e. The number of anilines is 1. The molecule has 0 amide bonds. The molecule has 3 heterocycles. The fourth-order valence-electron chi connectivity index (χ4n) is 2.98. The van der Waals surface area contributed by atoms with E-state index in [0.29, 0.717) is 6.54 Å². The molecule has 0 radical (unpaired) electrons. The molecule has 0 saturated heterocycles. The van der Waals surface area contributed by atoms with Gasteiger partial charge in [-0.1, -0.05) is 12.1 Å². The first-order valence-electron chi connectivity index (χ1n) is 7.65. The lowest BCUT2D eigenvalue weighted by atomic mass is 10.1. The Hall–Kier alpha value is -2.76. The quantitative estimate of drug-likeness (QED) is 0.683. The van der Waals surface area contributed by atoms with Crippen LogP contribution in [0.15, 0.2) is 35.3 Å². The van der Waals surface area contributed by atoms with Crippen LogP contribution in [-0.4, -0.2) is 26.1 Å². The van der Waals surface area contributed by atoms with E-state index in [-0.39, 0.29) is 5.56 Å². The van der Waals surface area contributed by atoms with E-state index in [1.807, 2.05) is 31.2 Å². The summed E-state index contributed by atoms with van der Waals surface area (Å²) in [6.45, 7) is 3.19. The van der Waals surface area contributed by atoms with E-state index in [4.69, 9.17) is 0 Å². The lowest BCUT2D eigenvalue weighted by molar-refractivity contribution is 0.650. The van der Waals surface area contributed by atoms with Gasteiger partial charge in [-0.25, -0.2) is 9.97 Å². The largest absolute Gasteiger partial charge is 0.350 e. The van der Waals surface area contributed by atoms with Gasteiger partial charge in [0.1, 0.15) is 11.6 Å². The molecule has 0 atom stereocenters. The minimum absolute atomic E-state index is 0.0333. The zero-order chi connectivity index (χ0) is 16.0. The third-order valence-corrected chi connectivity index (χ3v) is 4.42. The Morgan fingerprint density at radius 1 is 1.13 bits per heavy atom. The molecular weight excluding hydrogens is 290 g/mol. The van der Waals surface area contributed by atoms with Gasteiger partial charge < -0.3 is 4.90 Å². The van der Waals surface area contributed by atoms with Crippen molar-refractivity contribution in [2.45, 2.75) is 19.9 Å². The molecule has 4 rings (SSSR count). The van der Waals surface area contributed by atoms with Crippen molar-refractivity contribution in [1.82, 2.24) is 19.5 Å². The molecule has 2 aromatic heterocycles. The summed E-state index contributed by atoms with van der Waals surface area (Å²) in [7, 11) is 1.76. The number of benzene rings is 1. The van der Waals surface area contributed by atoms with Crippen LogP contribution in [0.2, 0.25) is 0 Å². The highest BCUT2D eigenvalue weighted by Crippen LogP contribution is 2.21. The SMILES string of the molecule is Cc1nc2c(c(=O)n1C)CN(c1cnc3ccccc3n1)CC2. The molecular formula is C17H17N5O. The summed E-state index contributed by atoms with van der Waals surface area (Å²) in [6, 6.07) is 7.80. The molecule has 0 N–H and O–H groups in total. The van der Waals surface area contributed by atoms with Gasteiger partial charge in [-0.05, 0) is 19.1 Å². The first kappa shape index (κ1) is 13.9. The third kappa shape index (κ3) is 2.27. The summed E-state index contributed by atoms with van der Waals surface area (Å²) in [5.74, 6) is 1.56. The molecule has 0 saturated carbocycles. The second kappa shape index (κ2) is 5.15. The first-order valence-corrected chi connectivity index (χ1v) is 7.65. The standard InChI is InChI=1S/C17H17N5O/c1-11-19-13-7-8-22(10-12(13)17(23)21(11)2)16-9-18-14-5-3-4-6-15(14)20-16/h3-6,9H,7-8,10H2,1-2H3. The van der Waals surface area contributed by atoms with Gasteiger partial charge in [0.2, 0.25) is 0 Å². The Morgan fingerprint density at radius 3 is 2.74 bits per heavy atom. The zero-order valence-corrected chi connectivity index (χ0v) is 13.2. The van der Waals surface area contributed by atoms with Gasteiger partial charge in [0.05, 0.1) is 35.0 Å². The second-order valence-corrected chi connectivity index (χ2v) is 5.84. The molecule has 0 spiro atoms. The van der Waals surface area contributed by atoms with Crippen LogP contribution in [0, 0.1) is 6.92 Å². The maximum atomic E-state index is 12.5. The van der Waals surface area contributed by atoms with Crippen LogP contribution in [0.4, 0.5) is 5.82 Å². The molecule has 0 bridgehead atoms. The molecule has 0 unspecified atom stereocenters. The van der Waals surface area contributed by atoms with E-state index in [9.17, 15) is 4.79 Å². The predicted molar refractivity (Wildman–Crippen MR) is 88.5 cm³/mol. The molecule has 1 aromatic carbocycles. The molecule has 1 aliphatic heterocycles. The molecule has 0 fully saturated rings. The number of hydrogen-bond acceptors (Lipinski definition) is 5. The van der Waals surface area contributed by atoms with E-state index in [0.717, 1.165) is 46.9 Å². The monoisotopic (exact) mass is 307 g/mol. The Balaban J connectivity index is 1.74. The molecule has 3 aromatic rings. The van der Waals surface area contributed by atoms with Crippen molar-refractivity contribution in [2.75, 3.05) is 11.4 Å². The molecule has 6 heteroatoms. The zero-order valence-electron chi connectivity index (χ0n) is 13.2. The maximum Gasteiger partial charge on any atom is 0.258 e. The lowest BCUT2D eigenvalue weighted by Crippen LogP contribution is -2.38. The number of fused-ring (bicyclic) bond motifs is 2. The molecule has 1 aliphatic rings. The minimum atomic E-state index is 0.0333. The summed E-state index contributed by atoms with van der Waals surface area (Å²) < 4.78 is 1.61. The maximum absolute atomic E-state index is 12.5. The highest BCUT2D eigenvalue weighted by molar-refractivity contribution is 5.75. The molecule has 6 nitrogen and oxygen atoms in total. The summed E-state index contributed by atoms with van der Waals surface area (Å²) in [6.07, 6.45) is 2.53. The van der Waals surface area contributed by atoms with Gasteiger partial charge in [-0.2, -0.15) is 0 Å². The Morgan fingerprint density at radius 2 is 1.91 bits per heavy atom. The van der Waals surface area contributed by atoms with Crippen molar-refractivity contribution < 1.29 is 0 Å². The highest BCUT2D eigenvalue weighted by Gasteiger charge is 2.23. The van der Waals surface area contributed by atoms with E-state index in [2.05, 4.69) is 19.9 Å². The van der Waals surface area contributed by atoms with Gasteiger partial charge >= 0.3 is 0 Å². The van der Waals surface area contributed by atoms with Gasteiger partial charge in [-0.15, -0.1) is 0 Å². The highest BCUT2D eigenvalue weighted by atomic mass is 16.1. The van der Waals surface area contributed by atoms with Crippen LogP contribution in [0.25, 0.3) is 11.0 Å². The Labute approximate surface area is 133 Å². The summed E-state index contributed by atoms with van der Waals surface area (Å²) in [4.78, 5) is 28.3. The van der Waals surface area contributed by atoms with Crippen LogP contribution in [-0.2, 0) is 20.0 Å². The lowest BCUT2D eigenvalue weighted by Gasteiger charge is -2.29. The summed E-state index contributed by atoms with van der Waals surface area (Å²) in [5, 5.41) is 0. The van der Waals surface area contributed by atoms with Crippen molar-refractivity contribution >= 4 is 16.9 Å². The molecule has 23 heavy (non-hydrogen) atoms. The third-order valence-electron chi connectivity index (χ3n) is 4.42. The van der Waals surface area contributed by atoms with E-state index >= 15 is 0 Å². The summed E-state index contributed by atoms with van der Waals surface area (Å²) in [5.41, 5.74) is 3.45. The molecule has 0 aliphatic carbocycles. The Kier molecular flexibility index (Phi) is 3.11. The van der Waals surface area contributed by atoms with Gasteiger partial charge in [0.15, 0.2) is 0 Å². The van der Waals surface area contributed by atoms with Gasteiger partial charge in [0, 0.05) is 20.0 Å². The van der Waals surface area contributed by atoms with Crippen molar-refractivity contribution in [1.29, 1.82) is 0 Å². The Bertz CT molecular complexity index is 963. The number of aryl methyl sites for hydroxylation is 1. The van der Waals surface area contributed by atoms with Crippen LogP contribution >= 0.6 is 0 Å². The van der Waals surface area contributed by atoms with E-state index in [1.165, 1.54) is 0 Å².